The van der Waals surface area contributed by atoms with E-state index in [-0.39, 0.29) is 10.8 Å². The minimum atomic E-state index is 0.0695. The molecule has 2 unspecified atom stereocenters. The summed E-state index contributed by atoms with van der Waals surface area (Å²) in [6.45, 7) is 5.10. The van der Waals surface area contributed by atoms with Crippen molar-refractivity contribution in [2.75, 3.05) is 4.90 Å². The van der Waals surface area contributed by atoms with Gasteiger partial charge in [-0.2, -0.15) is 0 Å². The molecule has 7 aromatic carbocycles. The van der Waals surface area contributed by atoms with Crippen LogP contribution in [-0.4, -0.2) is 0 Å². The fourth-order valence-electron chi connectivity index (χ4n) is 14.4. The third-order valence-corrected chi connectivity index (χ3v) is 16.6. The Morgan fingerprint density at radius 1 is 0.525 bits per heavy atom. The molecule has 5 aliphatic carbocycles. The first-order valence-electron chi connectivity index (χ1n) is 23.3. The molecule has 13 rings (SSSR count). The third-order valence-electron chi connectivity index (χ3n) is 16.6. The second-order valence-corrected chi connectivity index (χ2v) is 19.7. The van der Waals surface area contributed by atoms with E-state index in [1.165, 1.54) is 108 Å². The quantitative estimate of drug-likeness (QED) is 0.177. The Bertz CT molecular complexity index is 3030. The molecule has 2 spiro atoms. The predicted molar refractivity (Wildman–Crippen MR) is 253 cm³/mol. The third kappa shape index (κ3) is 4.97. The first-order chi connectivity index (χ1) is 30.0. The molecule has 8 aromatic rings. The van der Waals surface area contributed by atoms with Crippen molar-refractivity contribution in [2.45, 2.75) is 82.5 Å². The Kier molecular flexibility index (Phi) is 7.83. The van der Waals surface area contributed by atoms with Crippen molar-refractivity contribution < 1.29 is 4.42 Å². The van der Waals surface area contributed by atoms with Gasteiger partial charge in [-0.05, 0) is 143 Å². The highest BCUT2D eigenvalue weighted by atomic mass is 16.3. The molecular formula is C59H53NO. The molecule has 0 aliphatic heterocycles. The zero-order chi connectivity index (χ0) is 40.5. The Balaban J connectivity index is 1.01. The fraction of sp³-hybridized carbons (Fsp3) is 0.288. The van der Waals surface area contributed by atoms with E-state index in [1.807, 2.05) is 0 Å². The summed E-state index contributed by atoms with van der Waals surface area (Å²) in [6.07, 6.45) is 11.8. The number of nitrogens with zero attached hydrogens (tertiary/aromatic N) is 1. The fourth-order valence-corrected chi connectivity index (χ4v) is 14.4. The molecule has 2 heteroatoms. The summed E-state index contributed by atoms with van der Waals surface area (Å²) in [5.41, 5.74) is 19.9. The number of anilines is 3. The molecule has 0 saturated heterocycles. The molecule has 5 aliphatic rings. The van der Waals surface area contributed by atoms with Crippen LogP contribution in [0.15, 0.2) is 156 Å². The Morgan fingerprint density at radius 2 is 1.21 bits per heavy atom. The van der Waals surface area contributed by atoms with Crippen molar-refractivity contribution in [1.29, 1.82) is 0 Å². The van der Waals surface area contributed by atoms with Crippen molar-refractivity contribution in [3.05, 3.63) is 174 Å². The first-order valence-corrected chi connectivity index (χ1v) is 23.3. The van der Waals surface area contributed by atoms with E-state index in [9.17, 15) is 0 Å². The van der Waals surface area contributed by atoms with Gasteiger partial charge in [-0.25, -0.2) is 0 Å². The molecule has 2 nitrogen and oxygen atoms in total. The number of rotatable bonds is 4. The second kappa shape index (κ2) is 13.3. The van der Waals surface area contributed by atoms with Crippen LogP contribution in [0.2, 0.25) is 0 Å². The van der Waals surface area contributed by atoms with Gasteiger partial charge in [-0.15, -0.1) is 0 Å². The van der Waals surface area contributed by atoms with Gasteiger partial charge in [0.2, 0.25) is 0 Å². The molecule has 1 aromatic heterocycles. The van der Waals surface area contributed by atoms with Gasteiger partial charge >= 0.3 is 0 Å². The van der Waals surface area contributed by atoms with Crippen LogP contribution in [0.25, 0.3) is 55.3 Å². The lowest BCUT2D eigenvalue weighted by Crippen LogP contribution is -2.49. The van der Waals surface area contributed by atoms with Crippen molar-refractivity contribution >= 4 is 39.0 Å². The number of hydrogen-bond donors (Lipinski definition) is 0. The number of benzene rings is 7. The summed E-state index contributed by atoms with van der Waals surface area (Å²) < 4.78 is 6.54. The van der Waals surface area contributed by atoms with Gasteiger partial charge in [0.25, 0.3) is 0 Å². The summed E-state index contributed by atoms with van der Waals surface area (Å²) >= 11 is 0. The van der Waals surface area contributed by atoms with Crippen LogP contribution in [0.5, 0.6) is 0 Å². The van der Waals surface area contributed by atoms with Gasteiger partial charge in [-0.1, -0.05) is 148 Å². The summed E-state index contributed by atoms with van der Waals surface area (Å²) in [6, 6.07) is 58.0. The minimum absolute atomic E-state index is 0.0695. The second-order valence-electron chi connectivity index (χ2n) is 19.7. The SMILES string of the molecule is C[C@@H]1CC2CC(C1)[C@@]1(c3ccccc3-c3cc(N(c4ccc(-c5cccc6c5oc5ccccc56)cc4)c4cccc5c4-c4ccccc4C54CCCCC4)ccc31)[C@@H](C)C2. The van der Waals surface area contributed by atoms with Crippen LogP contribution in [0.3, 0.4) is 0 Å². The Morgan fingerprint density at radius 3 is 2.08 bits per heavy atom. The highest BCUT2D eigenvalue weighted by Gasteiger charge is 2.56. The van der Waals surface area contributed by atoms with Crippen LogP contribution < -0.4 is 4.90 Å². The van der Waals surface area contributed by atoms with Gasteiger partial charge < -0.3 is 9.32 Å². The Hall–Kier alpha value is -5.86. The summed E-state index contributed by atoms with van der Waals surface area (Å²) in [4.78, 5) is 2.60. The molecule has 300 valence electrons. The molecule has 1 heterocycles. The molecule has 3 saturated carbocycles. The van der Waals surface area contributed by atoms with E-state index in [4.69, 9.17) is 4.42 Å². The average Bonchev–Trinajstić information content (AvgIpc) is 3.92. The minimum Gasteiger partial charge on any atom is -0.455 e. The molecule has 2 bridgehead atoms. The maximum Gasteiger partial charge on any atom is 0.143 e. The summed E-state index contributed by atoms with van der Waals surface area (Å²) in [7, 11) is 0. The highest BCUT2D eigenvalue weighted by Crippen LogP contribution is 2.65. The molecule has 61 heavy (non-hydrogen) atoms. The van der Waals surface area contributed by atoms with E-state index in [0.29, 0.717) is 11.8 Å². The molecular weight excluding hydrogens is 739 g/mol. The van der Waals surface area contributed by atoms with Gasteiger partial charge in [0.15, 0.2) is 0 Å². The molecule has 0 N–H and O–H groups in total. The van der Waals surface area contributed by atoms with Gasteiger partial charge in [-0.3, -0.25) is 0 Å². The van der Waals surface area contributed by atoms with Crippen LogP contribution >= 0.6 is 0 Å². The van der Waals surface area contributed by atoms with Crippen molar-refractivity contribution in [3.63, 3.8) is 0 Å². The van der Waals surface area contributed by atoms with E-state index in [1.54, 1.807) is 11.1 Å². The maximum atomic E-state index is 6.54. The highest BCUT2D eigenvalue weighted by molar-refractivity contribution is 6.09. The number of hydrogen-bond acceptors (Lipinski definition) is 2. The largest absolute Gasteiger partial charge is 0.455 e. The smallest absolute Gasteiger partial charge is 0.143 e. The summed E-state index contributed by atoms with van der Waals surface area (Å²) in [5, 5.41) is 2.33. The zero-order valence-corrected chi connectivity index (χ0v) is 35.5. The van der Waals surface area contributed by atoms with E-state index < -0.39 is 0 Å². The van der Waals surface area contributed by atoms with Gasteiger partial charge in [0.1, 0.15) is 11.2 Å². The lowest BCUT2D eigenvalue weighted by Gasteiger charge is -2.54. The number of para-hydroxylation sites is 2. The van der Waals surface area contributed by atoms with Crippen LogP contribution in [0.1, 0.15) is 93.9 Å². The lowest BCUT2D eigenvalue weighted by molar-refractivity contribution is 0.0426. The van der Waals surface area contributed by atoms with Crippen LogP contribution in [0.4, 0.5) is 17.1 Å². The van der Waals surface area contributed by atoms with Gasteiger partial charge in [0, 0.05) is 44.1 Å². The maximum absolute atomic E-state index is 6.54. The molecule has 3 fully saturated rings. The molecule has 0 amide bonds. The lowest BCUT2D eigenvalue weighted by atomic mass is 9.49. The van der Waals surface area contributed by atoms with E-state index in [2.05, 4.69) is 170 Å². The predicted octanol–water partition coefficient (Wildman–Crippen LogP) is 16.3. The van der Waals surface area contributed by atoms with E-state index in [0.717, 1.165) is 44.9 Å². The van der Waals surface area contributed by atoms with Crippen LogP contribution in [0, 0.1) is 23.7 Å². The zero-order valence-electron chi connectivity index (χ0n) is 35.5. The standard InChI is InChI=1S/C59H53NO/c1-37-32-39-34-38(2)59(41(33-37)35-39)51-20-8-4-14-45(51)49-36-43(28-29-52(49)59)60(54-22-13-21-53-56(54)48-16-5-7-19-50(48)58(53)30-10-3-11-31-58)42-26-24-40(25-27-42)44-17-12-18-47-46-15-6-9-23-55(46)61-57(44)47/h4-9,12-29,36-39,41H,3,10-11,30-35H2,1-2H3/t37-,38+,39?,41?,59-/m1/s1. The normalized spacial score (nSPS) is 24.2. The van der Waals surface area contributed by atoms with Gasteiger partial charge in [0.05, 0.1) is 5.69 Å². The summed E-state index contributed by atoms with van der Waals surface area (Å²) in [5.74, 6) is 2.94. The first kappa shape index (κ1) is 35.9. The Labute approximate surface area is 360 Å². The van der Waals surface area contributed by atoms with Crippen molar-refractivity contribution in [2.24, 2.45) is 23.7 Å². The topological polar surface area (TPSA) is 16.4 Å². The number of furan rings is 1. The van der Waals surface area contributed by atoms with Crippen molar-refractivity contribution in [3.8, 4) is 33.4 Å². The van der Waals surface area contributed by atoms with E-state index >= 15 is 0 Å². The van der Waals surface area contributed by atoms with Crippen LogP contribution in [-0.2, 0) is 10.8 Å². The number of fused-ring (bicyclic) bond motifs is 16. The average molecular weight is 792 g/mol. The monoisotopic (exact) mass is 791 g/mol. The molecule has 5 atom stereocenters. The molecule has 0 radical (unpaired) electrons. The van der Waals surface area contributed by atoms with Crippen molar-refractivity contribution in [1.82, 2.24) is 0 Å².